The lowest BCUT2D eigenvalue weighted by Crippen LogP contribution is -2.02. The molecular formula is C11H9IN2O2. The van der Waals surface area contributed by atoms with Crippen LogP contribution in [-0.2, 0) is 4.74 Å². The summed E-state index contributed by atoms with van der Waals surface area (Å²) in [4.78, 5) is 15.4. The van der Waals surface area contributed by atoms with Gasteiger partial charge in [0.1, 0.15) is 0 Å². The van der Waals surface area contributed by atoms with Gasteiger partial charge in [0.15, 0.2) is 3.83 Å². The van der Waals surface area contributed by atoms with E-state index in [9.17, 15) is 4.79 Å². The smallest absolute Gasteiger partial charge is 0.337 e. The van der Waals surface area contributed by atoms with Crippen molar-refractivity contribution in [3.05, 3.63) is 46.1 Å². The van der Waals surface area contributed by atoms with Gasteiger partial charge >= 0.3 is 5.97 Å². The average molecular weight is 328 g/mol. The minimum Gasteiger partial charge on any atom is -0.465 e. The van der Waals surface area contributed by atoms with E-state index in [1.165, 1.54) is 7.11 Å². The lowest BCUT2D eigenvalue weighted by molar-refractivity contribution is 0.0601. The predicted octanol–water partition coefficient (Wildman–Crippen LogP) is 2.26. The molecular weight excluding hydrogens is 319 g/mol. The Labute approximate surface area is 106 Å². The van der Waals surface area contributed by atoms with Crippen LogP contribution in [0, 0.1) is 3.83 Å². The lowest BCUT2D eigenvalue weighted by atomic mass is 10.2. The third-order valence-electron chi connectivity index (χ3n) is 2.16. The zero-order chi connectivity index (χ0) is 11.5. The standard InChI is InChI=1S/C11H9IN2O2/c1-16-10(15)8-2-4-9(5-3-8)14-7-6-13-11(14)12/h2-7H,1H3. The van der Waals surface area contributed by atoms with E-state index in [1.807, 2.05) is 22.9 Å². The van der Waals surface area contributed by atoms with E-state index in [-0.39, 0.29) is 5.97 Å². The Morgan fingerprint density at radius 1 is 1.38 bits per heavy atom. The van der Waals surface area contributed by atoms with Crippen molar-refractivity contribution in [2.45, 2.75) is 0 Å². The van der Waals surface area contributed by atoms with Crippen molar-refractivity contribution >= 4 is 28.6 Å². The molecule has 0 fully saturated rings. The highest BCUT2D eigenvalue weighted by Crippen LogP contribution is 2.13. The molecule has 0 aliphatic rings. The topological polar surface area (TPSA) is 44.1 Å². The summed E-state index contributed by atoms with van der Waals surface area (Å²) >= 11 is 2.15. The Bertz CT molecular complexity index is 505. The largest absolute Gasteiger partial charge is 0.465 e. The van der Waals surface area contributed by atoms with E-state index < -0.39 is 0 Å². The molecule has 82 valence electrons. The Balaban J connectivity index is 2.33. The Kier molecular flexibility index (Phi) is 3.23. The predicted molar refractivity (Wildman–Crippen MR) is 67.6 cm³/mol. The maximum absolute atomic E-state index is 11.2. The summed E-state index contributed by atoms with van der Waals surface area (Å²) in [5.74, 6) is -0.327. The molecule has 1 aromatic heterocycles. The zero-order valence-electron chi connectivity index (χ0n) is 8.55. The van der Waals surface area contributed by atoms with Crippen molar-refractivity contribution in [2.75, 3.05) is 7.11 Å². The van der Waals surface area contributed by atoms with Gasteiger partial charge in [0.25, 0.3) is 0 Å². The highest BCUT2D eigenvalue weighted by Gasteiger charge is 2.06. The SMILES string of the molecule is COC(=O)c1ccc(-n2ccnc2I)cc1. The molecule has 5 heteroatoms. The van der Waals surface area contributed by atoms with Gasteiger partial charge in [0.05, 0.1) is 12.7 Å². The van der Waals surface area contributed by atoms with Gasteiger partial charge < -0.3 is 4.74 Å². The third-order valence-corrected chi connectivity index (χ3v) is 2.96. The van der Waals surface area contributed by atoms with E-state index in [2.05, 4.69) is 32.3 Å². The van der Waals surface area contributed by atoms with Crippen LogP contribution in [0.15, 0.2) is 36.7 Å². The molecule has 0 atom stereocenters. The van der Waals surface area contributed by atoms with Crippen molar-refractivity contribution in [3.63, 3.8) is 0 Å². The molecule has 0 unspecified atom stereocenters. The number of nitrogens with zero attached hydrogens (tertiary/aromatic N) is 2. The Morgan fingerprint density at radius 2 is 2.06 bits per heavy atom. The quantitative estimate of drug-likeness (QED) is 0.627. The van der Waals surface area contributed by atoms with E-state index >= 15 is 0 Å². The fourth-order valence-corrected chi connectivity index (χ4v) is 1.95. The number of esters is 1. The molecule has 0 bridgehead atoms. The summed E-state index contributed by atoms with van der Waals surface area (Å²) in [6.45, 7) is 0. The summed E-state index contributed by atoms with van der Waals surface area (Å²) in [5, 5.41) is 0. The van der Waals surface area contributed by atoms with Gasteiger partial charge in [-0.15, -0.1) is 0 Å². The number of imidazole rings is 1. The fraction of sp³-hybridized carbons (Fsp3) is 0.0909. The average Bonchev–Trinajstić information content (AvgIpc) is 2.75. The van der Waals surface area contributed by atoms with Gasteiger partial charge in [-0.1, -0.05) is 0 Å². The van der Waals surface area contributed by atoms with Crippen LogP contribution in [0.2, 0.25) is 0 Å². The van der Waals surface area contributed by atoms with Crippen LogP contribution in [0.1, 0.15) is 10.4 Å². The number of hydrogen-bond donors (Lipinski definition) is 0. The van der Waals surface area contributed by atoms with Crippen LogP contribution < -0.4 is 0 Å². The Morgan fingerprint density at radius 3 is 2.56 bits per heavy atom. The van der Waals surface area contributed by atoms with E-state index in [0.717, 1.165) is 9.52 Å². The summed E-state index contributed by atoms with van der Waals surface area (Å²) in [6, 6.07) is 7.18. The number of methoxy groups -OCH3 is 1. The zero-order valence-corrected chi connectivity index (χ0v) is 10.7. The second kappa shape index (κ2) is 4.65. The first-order valence-corrected chi connectivity index (χ1v) is 5.68. The molecule has 0 amide bonds. The van der Waals surface area contributed by atoms with E-state index in [1.54, 1.807) is 18.3 Å². The summed E-state index contributed by atoms with van der Waals surface area (Å²) in [6.07, 6.45) is 3.60. The number of hydrogen-bond acceptors (Lipinski definition) is 3. The molecule has 0 saturated heterocycles. The number of halogens is 1. The first-order chi connectivity index (χ1) is 7.72. The van der Waals surface area contributed by atoms with Crippen LogP contribution >= 0.6 is 22.6 Å². The molecule has 1 aromatic carbocycles. The molecule has 2 rings (SSSR count). The molecule has 4 nitrogen and oxygen atoms in total. The highest BCUT2D eigenvalue weighted by molar-refractivity contribution is 14.1. The van der Waals surface area contributed by atoms with Crippen LogP contribution in [0.5, 0.6) is 0 Å². The lowest BCUT2D eigenvalue weighted by Gasteiger charge is -2.04. The summed E-state index contributed by atoms with van der Waals surface area (Å²) < 4.78 is 7.44. The summed E-state index contributed by atoms with van der Waals surface area (Å²) in [7, 11) is 1.37. The first-order valence-electron chi connectivity index (χ1n) is 4.60. The van der Waals surface area contributed by atoms with Gasteiger partial charge in [-0.2, -0.15) is 0 Å². The van der Waals surface area contributed by atoms with Crippen LogP contribution in [-0.4, -0.2) is 22.6 Å². The van der Waals surface area contributed by atoms with Crippen molar-refractivity contribution < 1.29 is 9.53 Å². The third kappa shape index (κ3) is 2.08. The fourth-order valence-electron chi connectivity index (χ4n) is 1.35. The minimum absolute atomic E-state index is 0.327. The van der Waals surface area contributed by atoms with E-state index in [0.29, 0.717) is 5.56 Å². The maximum Gasteiger partial charge on any atom is 0.337 e. The van der Waals surface area contributed by atoms with Crippen molar-refractivity contribution in [3.8, 4) is 5.69 Å². The monoisotopic (exact) mass is 328 g/mol. The number of carbonyl (C=O) groups is 1. The number of rotatable bonds is 2. The first kappa shape index (κ1) is 11.1. The number of carbonyl (C=O) groups excluding carboxylic acids is 1. The molecule has 0 spiro atoms. The molecule has 16 heavy (non-hydrogen) atoms. The van der Waals surface area contributed by atoms with Gasteiger partial charge in [-0.3, -0.25) is 4.57 Å². The van der Waals surface area contributed by atoms with Gasteiger partial charge in [-0.05, 0) is 24.3 Å². The van der Waals surface area contributed by atoms with Crippen LogP contribution in [0.25, 0.3) is 5.69 Å². The van der Waals surface area contributed by atoms with Gasteiger partial charge in [0, 0.05) is 40.7 Å². The van der Waals surface area contributed by atoms with Crippen LogP contribution in [0.4, 0.5) is 0 Å². The van der Waals surface area contributed by atoms with Crippen molar-refractivity contribution in [1.29, 1.82) is 0 Å². The van der Waals surface area contributed by atoms with Gasteiger partial charge in [-0.25, -0.2) is 9.78 Å². The molecule has 0 N–H and O–H groups in total. The van der Waals surface area contributed by atoms with Crippen LogP contribution in [0.3, 0.4) is 0 Å². The maximum atomic E-state index is 11.2. The molecule has 2 aromatic rings. The molecule has 1 heterocycles. The number of aromatic nitrogens is 2. The normalized spacial score (nSPS) is 10.1. The highest BCUT2D eigenvalue weighted by atomic mass is 127. The second-order valence-electron chi connectivity index (χ2n) is 3.10. The number of ether oxygens (including phenoxy) is 1. The Hall–Kier alpha value is -1.37. The van der Waals surface area contributed by atoms with Gasteiger partial charge in [0.2, 0.25) is 0 Å². The van der Waals surface area contributed by atoms with E-state index in [4.69, 9.17) is 0 Å². The number of benzene rings is 1. The summed E-state index contributed by atoms with van der Waals surface area (Å²) in [5.41, 5.74) is 1.51. The minimum atomic E-state index is -0.327. The molecule has 0 radical (unpaired) electrons. The second-order valence-corrected chi connectivity index (χ2v) is 4.07. The van der Waals surface area contributed by atoms with Crippen molar-refractivity contribution in [1.82, 2.24) is 9.55 Å². The molecule has 0 aliphatic carbocycles. The molecule has 0 saturated carbocycles. The van der Waals surface area contributed by atoms with Crippen molar-refractivity contribution in [2.24, 2.45) is 0 Å². The molecule has 0 aliphatic heterocycles.